The van der Waals surface area contributed by atoms with Gasteiger partial charge >= 0.3 is 0 Å². The Kier molecular flexibility index (Phi) is 3.88. The van der Waals surface area contributed by atoms with Gasteiger partial charge in [0, 0.05) is 12.0 Å². The highest BCUT2D eigenvalue weighted by atomic mass is 16.1. The van der Waals surface area contributed by atoms with Gasteiger partial charge in [0.25, 0.3) is 0 Å². The highest BCUT2D eigenvalue weighted by Gasteiger charge is 2.27. The van der Waals surface area contributed by atoms with E-state index in [2.05, 4.69) is 5.32 Å². The molecule has 0 aromatic heterocycles. The Balaban J connectivity index is 2.46. The van der Waals surface area contributed by atoms with E-state index in [1.165, 1.54) is 0 Å². The molecule has 76 valence electrons. The van der Waals surface area contributed by atoms with Gasteiger partial charge in [0.1, 0.15) is 0 Å². The van der Waals surface area contributed by atoms with Gasteiger partial charge in [0.05, 0.1) is 6.04 Å². The quantitative estimate of drug-likeness (QED) is 0.678. The van der Waals surface area contributed by atoms with E-state index in [-0.39, 0.29) is 18.0 Å². The standard InChI is InChI=1S/C10H20N2O/c1-7(12-2)10(13)8-4-3-5-9(11)6-8/h7-9,12H,3-6,11H2,1-2H3/t7-,8?,9?/m1/s1. The predicted molar refractivity (Wildman–Crippen MR) is 53.5 cm³/mol. The molecule has 2 unspecified atom stereocenters. The number of ketones is 1. The van der Waals surface area contributed by atoms with Gasteiger partial charge < -0.3 is 11.1 Å². The number of carbonyl (C=O) groups is 1. The molecular formula is C10H20N2O. The van der Waals surface area contributed by atoms with Gasteiger partial charge in [-0.05, 0) is 33.2 Å². The molecule has 0 spiro atoms. The maximum atomic E-state index is 11.8. The van der Waals surface area contributed by atoms with Crippen molar-refractivity contribution in [3.63, 3.8) is 0 Å². The normalized spacial score (nSPS) is 31.3. The maximum Gasteiger partial charge on any atom is 0.152 e. The molecule has 13 heavy (non-hydrogen) atoms. The van der Waals surface area contributed by atoms with Crippen LogP contribution in [-0.2, 0) is 4.79 Å². The number of likely N-dealkylation sites (N-methyl/N-ethyl adjacent to an activating group) is 1. The van der Waals surface area contributed by atoms with E-state index >= 15 is 0 Å². The van der Waals surface area contributed by atoms with E-state index in [0.29, 0.717) is 5.78 Å². The van der Waals surface area contributed by atoms with Crippen molar-refractivity contribution in [3.05, 3.63) is 0 Å². The molecule has 0 heterocycles. The third-order valence-electron chi connectivity index (χ3n) is 2.98. The Morgan fingerprint density at radius 2 is 2.23 bits per heavy atom. The van der Waals surface area contributed by atoms with Crippen molar-refractivity contribution in [2.24, 2.45) is 11.7 Å². The zero-order valence-electron chi connectivity index (χ0n) is 8.55. The van der Waals surface area contributed by atoms with Crippen LogP contribution in [0.2, 0.25) is 0 Å². The van der Waals surface area contributed by atoms with Gasteiger partial charge in [0.2, 0.25) is 0 Å². The number of rotatable bonds is 3. The van der Waals surface area contributed by atoms with Crippen LogP contribution in [-0.4, -0.2) is 24.9 Å². The smallest absolute Gasteiger partial charge is 0.152 e. The van der Waals surface area contributed by atoms with Crippen LogP contribution in [0.1, 0.15) is 32.6 Å². The van der Waals surface area contributed by atoms with Gasteiger partial charge in [-0.1, -0.05) is 6.42 Å². The first kappa shape index (κ1) is 10.7. The highest BCUT2D eigenvalue weighted by molar-refractivity contribution is 5.86. The van der Waals surface area contributed by atoms with E-state index < -0.39 is 0 Å². The van der Waals surface area contributed by atoms with Gasteiger partial charge in [-0.15, -0.1) is 0 Å². The zero-order valence-corrected chi connectivity index (χ0v) is 8.55. The fraction of sp³-hybridized carbons (Fsp3) is 0.900. The first-order chi connectivity index (χ1) is 6.15. The molecule has 3 N–H and O–H groups in total. The average Bonchev–Trinajstić information content (AvgIpc) is 2.15. The van der Waals surface area contributed by atoms with Gasteiger partial charge in [-0.3, -0.25) is 4.79 Å². The van der Waals surface area contributed by atoms with Crippen molar-refractivity contribution in [2.45, 2.75) is 44.7 Å². The molecule has 3 heteroatoms. The molecule has 0 aromatic rings. The summed E-state index contributed by atoms with van der Waals surface area (Å²) < 4.78 is 0. The molecule has 1 saturated carbocycles. The molecule has 1 aliphatic rings. The molecule has 3 atom stereocenters. The van der Waals surface area contributed by atoms with Crippen molar-refractivity contribution in [3.8, 4) is 0 Å². The fourth-order valence-corrected chi connectivity index (χ4v) is 1.98. The first-order valence-electron chi connectivity index (χ1n) is 5.11. The molecule has 3 nitrogen and oxygen atoms in total. The van der Waals surface area contributed by atoms with E-state index in [1.54, 1.807) is 0 Å². The van der Waals surface area contributed by atoms with Crippen molar-refractivity contribution >= 4 is 5.78 Å². The molecule has 0 aromatic carbocycles. The summed E-state index contributed by atoms with van der Waals surface area (Å²) in [6.07, 6.45) is 4.09. The van der Waals surface area contributed by atoms with Crippen molar-refractivity contribution in [2.75, 3.05) is 7.05 Å². The Hall–Kier alpha value is -0.410. The number of carbonyl (C=O) groups excluding carboxylic acids is 1. The Labute approximate surface area is 80.1 Å². The predicted octanol–water partition coefficient (Wildman–Crippen LogP) is 0.681. The van der Waals surface area contributed by atoms with Crippen LogP contribution >= 0.6 is 0 Å². The largest absolute Gasteiger partial charge is 0.328 e. The summed E-state index contributed by atoms with van der Waals surface area (Å²) in [5.41, 5.74) is 5.83. The summed E-state index contributed by atoms with van der Waals surface area (Å²) in [6.45, 7) is 1.92. The SMILES string of the molecule is CN[C@H](C)C(=O)C1CCCC(N)C1. The summed E-state index contributed by atoms with van der Waals surface area (Å²) in [7, 11) is 1.82. The lowest BCUT2D eigenvalue weighted by molar-refractivity contribution is -0.125. The second-order valence-electron chi connectivity index (χ2n) is 4.04. The summed E-state index contributed by atoms with van der Waals surface area (Å²) in [5, 5.41) is 2.99. The number of nitrogens with one attached hydrogen (secondary N) is 1. The topological polar surface area (TPSA) is 55.1 Å². The van der Waals surface area contributed by atoms with E-state index in [1.807, 2.05) is 14.0 Å². The van der Waals surface area contributed by atoms with Crippen LogP contribution in [0, 0.1) is 5.92 Å². The lowest BCUT2D eigenvalue weighted by Gasteiger charge is -2.27. The van der Waals surface area contributed by atoms with Gasteiger partial charge in [-0.25, -0.2) is 0 Å². The third kappa shape index (κ3) is 2.78. The lowest BCUT2D eigenvalue weighted by Crippen LogP contribution is -2.40. The van der Waals surface area contributed by atoms with Crippen LogP contribution in [0.15, 0.2) is 0 Å². The molecular weight excluding hydrogens is 164 g/mol. The second kappa shape index (κ2) is 4.72. The highest BCUT2D eigenvalue weighted by Crippen LogP contribution is 2.24. The average molecular weight is 184 g/mol. The summed E-state index contributed by atoms with van der Waals surface area (Å²) in [4.78, 5) is 11.8. The second-order valence-corrected chi connectivity index (χ2v) is 4.04. The van der Waals surface area contributed by atoms with Crippen LogP contribution in [0.5, 0.6) is 0 Å². The summed E-state index contributed by atoms with van der Waals surface area (Å²) >= 11 is 0. The number of Topliss-reactive ketones (excluding diaryl/α,β-unsaturated/α-hetero) is 1. The molecule has 0 radical (unpaired) electrons. The molecule has 0 amide bonds. The Morgan fingerprint density at radius 1 is 1.54 bits per heavy atom. The molecule has 1 fully saturated rings. The van der Waals surface area contributed by atoms with Crippen LogP contribution in [0.3, 0.4) is 0 Å². The Morgan fingerprint density at radius 3 is 2.77 bits per heavy atom. The molecule has 0 aliphatic heterocycles. The monoisotopic (exact) mass is 184 g/mol. The van der Waals surface area contributed by atoms with Crippen molar-refractivity contribution in [1.29, 1.82) is 0 Å². The minimum Gasteiger partial charge on any atom is -0.328 e. The number of hydrogen-bond acceptors (Lipinski definition) is 3. The minimum absolute atomic E-state index is 0.0182. The summed E-state index contributed by atoms with van der Waals surface area (Å²) in [5.74, 6) is 0.531. The lowest BCUT2D eigenvalue weighted by atomic mass is 9.82. The van der Waals surface area contributed by atoms with Gasteiger partial charge in [-0.2, -0.15) is 0 Å². The summed E-state index contributed by atoms with van der Waals surface area (Å²) in [6, 6.07) is 0.224. The minimum atomic E-state index is -0.0182. The molecule has 1 rings (SSSR count). The molecule has 0 saturated heterocycles. The zero-order chi connectivity index (χ0) is 9.84. The fourth-order valence-electron chi connectivity index (χ4n) is 1.98. The Bertz CT molecular complexity index is 182. The molecule has 0 bridgehead atoms. The first-order valence-corrected chi connectivity index (χ1v) is 5.11. The number of nitrogens with two attached hydrogens (primary N) is 1. The van der Waals surface area contributed by atoms with E-state index in [0.717, 1.165) is 25.7 Å². The third-order valence-corrected chi connectivity index (χ3v) is 2.98. The van der Waals surface area contributed by atoms with E-state index in [9.17, 15) is 4.79 Å². The van der Waals surface area contributed by atoms with Crippen LogP contribution in [0.25, 0.3) is 0 Å². The van der Waals surface area contributed by atoms with Crippen LogP contribution in [0.4, 0.5) is 0 Å². The van der Waals surface area contributed by atoms with Crippen molar-refractivity contribution < 1.29 is 4.79 Å². The van der Waals surface area contributed by atoms with Crippen LogP contribution < -0.4 is 11.1 Å². The number of hydrogen-bond donors (Lipinski definition) is 2. The van der Waals surface area contributed by atoms with E-state index in [4.69, 9.17) is 5.73 Å². The molecule has 1 aliphatic carbocycles. The maximum absolute atomic E-state index is 11.8. The van der Waals surface area contributed by atoms with Gasteiger partial charge in [0.15, 0.2) is 5.78 Å². The van der Waals surface area contributed by atoms with Crippen molar-refractivity contribution in [1.82, 2.24) is 5.32 Å².